The summed E-state index contributed by atoms with van der Waals surface area (Å²) in [4.78, 5) is 17.2. The largest absolute Gasteiger partial charge is 0.351 e. The zero-order chi connectivity index (χ0) is 16.6. The molecule has 5 aromatic rings. The molecule has 2 heterocycles. The quantitative estimate of drug-likeness (QED) is 0.506. The van der Waals surface area contributed by atoms with Gasteiger partial charge >= 0.3 is 0 Å². The fourth-order valence-electron chi connectivity index (χ4n) is 3.14. The van der Waals surface area contributed by atoms with E-state index in [0.717, 1.165) is 44.6 Å². The summed E-state index contributed by atoms with van der Waals surface area (Å²) in [7, 11) is 0. The van der Waals surface area contributed by atoms with E-state index < -0.39 is 0 Å². The van der Waals surface area contributed by atoms with E-state index in [2.05, 4.69) is 39.2 Å². The number of aromatic amines is 1. The Morgan fingerprint density at radius 3 is 2.12 bits per heavy atom. The topological polar surface area (TPSA) is 54.5 Å². The zero-order valence-electron chi connectivity index (χ0n) is 13.3. The average Bonchev–Trinajstić information content (AvgIpc) is 3.17. The van der Waals surface area contributed by atoms with Crippen molar-refractivity contribution in [1.82, 2.24) is 19.9 Å². The first-order chi connectivity index (χ1) is 12.4. The summed E-state index contributed by atoms with van der Waals surface area (Å²) >= 11 is 0. The molecule has 0 radical (unpaired) electrons. The van der Waals surface area contributed by atoms with Crippen LogP contribution in [0.2, 0.25) is 0 Å². The predicted molar refractivity (Wildman–Crippen MR) is 100 cm³/mol. The molecule has 3 aromatic carbocycles. The minimum Gasteiger partial charge on any atom is -0.351 e. The monoisotopic (exact) mass is 322 g/mol. The molecule has 0 fully saturated rings. The van der Waals surface area contributed by atoms with Gasteiger partial charge in [0.05, 0.1) is 22.4 Å². The van der Waals surface area contributed by atoms with Crippen LogP contribution in [0.3, 0.4) is 0 Å². The summed E-state index contributed by atoms with van der Waals surface area (Å²) < 4.78 is 0. The fourth-order valence-corrected chi connectivity index (χ4v) is 3.14. The molecule has 4 heteroatoms. The molecule has 118 valence electrons. The fraction of sp³-hybridized carbons (Fsp3) is 0. The van der Waals surface area contributed by atoms with Crippen molar-refractivity contribution in [3.8, 4) is 22.5 Å². The number of fused-ring (bicyclic) bond motifs is 3. The number of H-pyrrole nitrogens is 1. The summed E-state index contributed by atoms with van der Waals surface area (Å²) in [5.41, 5.74) is 7.55. The Hall–Kier alpha value is -3.53. The van der Waals surface area contributed by atoms with Crippen molar-refractivity contribution < 1.29 is 0 Å². The van der Waals surface area contributed by atoms with Crippen molar-refractivity contribution in [1.29, 1.82) is 0 Å². The Labute approximate surface area is 144 Å². The third-order valence-corrected chi connectivity index (χ3v) is 4.34. The summed E-state index contributed by atoms with van der Waals surface area (Å²) in [6.45, 7) is 0. The normalized spacial score (nSPS) is 11.2. The number of imidazole rings is 1. The lowest BCUT2D eigenvalue weighted by Gasteiger charge is -2.12. The van der Waals surface area contributed by atoms with Gasteiger partial charge in [0.15, 0.2) is 0 Å². The van der Waals surface area contributed by atoms with E-state index in [4.69, 9.17) is 4.98 Å². The maximum absolute atomic E-state index is 4.99. The standard InChI is InChI=1S/C21H14N4/c1-3-7-14(8-4-1)18-19(15-9-5-2-6-10-15)25-21-17(24-18)12-11-16-20(21)23-13-22-16/h1-13,24H. The van der Waals surface area contributed by atoms with Gasteiger partial charge in [-0.1, -0.05) is 60.7 Å². The van der Waals surface area contributed by atoms with Crippen LogP contribution in [-0.2, 0) is 0 Å². The lowest BCUT2D eigenvalue weighted by molar-refractivity contribution is 1.29. The average molecular weight is 322 g/mol. The van der Waals surface area contributed by atoms with E-state index in [-0.39, 0.29) is 0 Å². The van der Waals surface area contributed by atoms with Gasteiger partial charge in [-0.25, -0.2) is 15.0 Å². The molecule has 2 aromatic heterocycles. The number of aromatic nitrogens is 4. The van der Waals surface area contributed by atoms with E-state index in [1.807, 2.05) is 48.5 Å². The summed E-state index contributed by atoms with van der Waals surface area (Å²) in [6.07, 6.45) is 1.58. The lowest BCUT2D eigenvalue weighted by Crippen LogP contribution is -1.96. The van der Waals surface area contributed by atoms with Gasteiger partial charge < -0.3 is 4.98 Å². The van der Waals surface area contributed by atoms with E-state index in [9.17, 15) is 0 Å². The molecule has 0 saturated carbocycles. The van der Waals surface area contributed by atoms with Crippen LogP contribution < -0.4 is 0 Å². The molecule has 0 aliphatic carbocycles. The maximum Gasteiger partial charge on any atom is 0.118 e. The third kappa shape index (κ3) is 2.27. The number of nitrogens with zero attached hydrogens (tertiary/aromatic N) is 3. The molecule has 5 rings (SSSR count). The van der Waals surface area contributed by atoms with Gasteiger partial charge in [-0.05, 0) is 12.1 Å². The van der Waals surface area contributed by atoms with E-state index >= 15 is 0 Å². The van der Waals surface area contributed by atoms with Gasteiger partial charge in [0.25, 0.3) is 0 Å². The van der Waals surface area contributed by atoms with Gasteiger partial charge in [-0.15, -0.1) is 0 Å². The molecule has 0 bridgehead atoms. The Morgan fingerprint density at radius 1 is 0.640 bits per heavy atom. The highest BCUT2D eigenvalue weighted by Crippen LogP contribution is 2.32. The van der Waals surface area contributed by atoms with Crippen molar-refractivity contribution in [2.45, 2.75) is 0 Å². The van der Waals surface area contributed by atoms with Gasteiger partial charge in [0, 0.05) is 11.1 Å². The molecule has 0 aliphatic rings. The molecular weight excluding hydrogens is 308 g/mol. The van der Waals surface area contributed by atoms with Crippen LogP contribution in [0, 0.1) is 0 Å². The van der Waals surface area contributed by atoms with Gasteiger partial charge in [-0.2, -0.15) is 0 Å². The van der Waals surface area contributed by atoms with Gasteiger partial charge in [-0.3, -0.25) is 0 Å². The smallest absolute Gasteiger partial charge is 0.118 e. The highest BCUT2D eigenvalue weighted by Gasteiger charge is 2.14. The zero-order valence-corrected chi connectivity index (χ0v) is 13.3. The van der Waals surface area contributed by atoms with Crippen molar-refractivity contribution in [2.24, 2.45) is 0 Å². The first-order valence-corrected chi connectivity index (χ1v) is 8.14. The van der Waals surface area contributed by atoms with Crippen LogP contribution in [-0.4, -0.2) is 19.9 Å². The SMILES string of the molecule is c1ccc(-c2nc3c(ccc4ncnc43)[nH]c2-c2ccccc2)cc1. The molecule has 0 atom stereocenters. The Kier molecular flexibility index (Phi) is 3.07. The van der Waals surface area contributed by atoms with Crippen LogP contribution in [0.15, 0.2) is 79.1 Å². The molecule has 0 saturated heterocycles. The van der Waals surface area contributed by atoms with Crippen molar-refractivity contribution in [3.05, 3.63) is 79.1 Å². The van der Waals surface area contributed by atoms with Crippen molar-refractivity contribution in [3.63, 3.8) is 0 Å². The van der Waals surface area contributed by atoms with E-state index in [1.54, 1.807) is 6.33 Å². The molecule has 1 N–H and O–H groups in total. The summed E-state index contributed by atoms with van der Waals surface area (Å²) in [5.74, 6) is 0. The van der Waals surface area contributed by atoms with Crippen LogP contribution in [0.25, 0.3) is 44.6 Å². The Morgan fingerprint density at radius 2 is 1.36 bits per heavy atom. The molecule has 0 spiro atoms. The Balaban J connectivity index is 1.89. The minimum atomic E-state index is 0.825. The second-order valence-corrected chi connectivity index (χ2v) is 5.90. The second kappa shape index (κ2) is 5.53. The molecular formula is C21H14N4. The van der Waals surface area contributed by atoms with Crippen LogP contribution in [0.4, 0.5) is 0 Å². The molecule has 0 amide bonds. The molecule has 25 heavy (non-hydrogen) atoms. The van der Waals surface area contributed by atoms with Crippen LogP contribution in [0.5, 0.6) is 0 Å². The number of hydrogen-bond acceptors (Lipinski definition) is 3. The number of benzene rings is 3. The number of nitrogens with one attached hydrogen (secondary N) is 1. The van der Waals surface area contributed by atoms with Crippen molar-refractivity contribution in [2.75, 3.05) is 0 Å². The first kappa shape index (κ1) is 13.9. The number of rotatable bonds is 2. The summed E-state index contributed by atoms with van der Waals surface area (Å²) in [6, 6.07) is 24.5. The highest BCUT2D eigenvalue weighted by molar-refractivity contribution is 6.01. The number of hydrogen-bond donors (Lipinski definition) is 1. The predicted octanol–water partition coefficient (Wildman–Crippen LogP) is 4.84. The summed E-state index contributed by atoms with van der Waals surface area (Å²) in [5, 5.41) is 0. The Bertz CT molecular complexity index is 1180. The lowest BCUT2D eigenvalue weighted by atomic mass is 10.0. The first-order valence-electron chi connectivity index (χ1n) is 8.14. The molecule has 0 aliphatic heterocycles. The second-order valence-electron chi connectivity index (χ2n) is 5.90. The third-order valence-electron chi connectivity index (χ3n) is 4.34. The highest BCUT2D eigenvalue weighted by atomic mass is 14.9. The van der Waals surface area contributed by atoms with E-state index in [1.165, 1.54) is 0 Å². The maximum atomic E-state index is 4.99. The van der Waals surface area contributed by atoms with Gasteiger partial charge in [0.1, 0.15) is 17.4 Å². The van der Waals surface area contributed by atoms with E-state index in [0.29, 0.717) is 0 Å². The van der Waals surface area contributed by atoms with Crippen LogP contribution >= 0.6 is 0 Å². The molecule has 0 unspecified atom stereocenters. The molecule has 4 nitrogen and oxygen atoms in total. The van der Waals surface area contributed by atoms with Crippen molar-refractivity contribution >= 4 is 22.1 Å². The minimum absolute atomic E-state index is 0.825. The van der Waals surface area contributed by atoms with Gasteiger partial charge in [0.2, 0.25) is 0 Å². The van der Waals surface area contributed by atoms with Crippen LogP contribution in [0.1, 0.15) is 0 Å².